The Kier molecular flexibility index (Phi) is 9.82. The number of rotatable bonds is 10. The van der Waals surface area contributed by atoms with Crippen LogP contribution in [-0.4, -0.2) is 12.7 Å². The van der Waals surface area contributed by atoms with E-state index in [2.05, 4.69) is 11.7 Å². The van der Waals surface area contributed by atoms with Gasteiger partial charge in [-0.05, 0) is 97.2 Å². The number of unbranched alkanes of at least 4 members (excludes halogenated alkanes) is 1. The molecule has 0 aromatic heterocycles. The van der Waals surface area contributed by atoms with Crippen LogP contribution in [0.1, 0.15) is 62.5 Å². The van der Waals surface area contributed by atoms with Crippen LogP contribution < -0.4 is 4.74 Å². The van der Waals surface area contributed by atoms with Crippen molar-refractivity contribution in [2.24, 2.45) is 0 Å². The van der Waals surface area contributed by atoms with Crippen LogP contribution in [0.4, 0.5) is 35.1 Å². The first kappa shape index (κ1) is 32.5. The molecule has 0 atom stereocenters. The van der Waals surface area contributed by atoms with Crippen molar-refractivity contribution < 1.29 is 44.6 Å². The van der Waals surface area contributed by atoms with Crippen molar-refractivity contribution >= 4 is 0 Å². The van der Waals surface area contributed by atoms with E-state index in [1.54, 1.807) is 0 Å². The molecule has 0 aliphatic heterocycles. The molecule has 4 aromatic rings. The average Bonchev–Trinajstić information content (AvgIpc) is 2.98. The lowest BCUT2D eigenvalue weighted by atomic mass is 9.82. The summed E-state index contributed by atoms with van der Waals surface area (Å²) < 4.78 is 127. The van der Waals surface area contributed by atoms with Crippen LogP contribution in [-0.2, 0) is 10.8 Å². The van der Waals surface area contributed by atoms with Crippen molar-refractivity contribution in [1.29, 1.82) is 0 Å². The maximum atomic E-state index is 15.1. The zero-order chi connectivity index (χ0) is 32.3. The van der Waals surface area contributed by atoms with Gasteiger partial charge in [-0.3, -0.25) is 0 Å². The minimum Gasteiger partial charge on any atom is -0.429 e. The Morgan fingerprint density at radius 1 is 0.644 bits per heavy atom. The molecule has 0 amide bonds. The van der Waals surface area contributed by atoms with Crippen molar-refractivity contribution in [1.82, 2.24) is 0 Å². The molecule has 4 aromatic carbocycles. The first-order valence-electron chi connectivity index (χ1n) is 14.7. The highest BCUT2D eigenvalue weighted by Crippen LogP contribution is 2.40. The third-order valence-electron chi connectivity index (χ3n) is 8.05. The molecule has 0 radical (unpaired) electrons. The zero-order valence-corrected chi connectivity index (χ0v) is 24.3. The molecule has 238 valence electrons. The predicted octanol–water partition coefficient (Wildman–Crippen LogP) is 10.8. The largest absolute Gasteiger partial charge is 0.432 e. The molecular formula is C35H30F8O2. The van der Waals surface area contributed by atoms with E-state index in [9.17, 15) is 22.0 Å². The standard InChI is InChI=1S/C35H30F8O2/c1-2-3-14-44-24-8-4-20(5-9-24)23-17-32(40)34(33(41)18-23)35(42,43)45-25-10-12-27(30(38)19-25)21-6-11-26(29(37)15-21)22-7-13-28(36)31(39)16-22/h6-7,10-13,15-20,24H,2-5,8-9,14H2,1H3. The smallest absolute Gasteiger partial charge is 0.429 e. The van der Waals surface area contributed by atoms with Gasteiger partial charge in [0, 0.05) is 23.8 Å². The molecular weight excluding hydrogens is 604 g/mol. The van der Waals surface area contributed by atoms with Crippen molar-refractivity contribution in [3.05, 3.63) is 113 Å². The van der Waals surface area contributed by atoms with E-state index in [1.165, 1.54) is 18.2 Å². The van der Waals surface area contributed by atoms with Crippen molar-refractivity contribution in [2.45, 2.75) is 63.6 Å². The second kappa shape index (κ2) is 13.6. The van der Waals surface area contributed by atoms with Crippen LogP contribution in [0.25, 0.3) is 22.3 Å². The summed E-state index contributed by atoms with van der Waals surface area (Å²) in [5.74, 6) is -8.10. The van der Waals surface area contributed by atoms with Gasteiger partial charge in [0.05, 0.1) is 6.10 Å². The summed E-state index contributed by atoms with van der Waals surface area (Å²) in [4.78, 5) is 0. The van der Waals surface area contributed by atoms with Crippen LogP contribution in [0.15, 0.2) is 66.7 Å². The molecule has 10 heteroatoms. The van der Waals surface area contributed by atoms with E-state index in [4.69, 9.17) is 4.74 Å². The molecule has 1 aliphatic carbocycles. The van der Waals surface area contributed by atoms with Crippen LogP contribution in [0.3, 0.4) is 0 Å². The van der Waals surface area contributed by atoms with Gasteiger partial charge < -0.3 is 9.47 Å². The SMILES string of the molecule is CCCCOC1CCC(c2cc(F)c(C(F)(F)Oc3ccc(-c4ccc(-c5ccc(F)c(F)c5)c(F)c4)c(F)c3)c(F)c2)CC1. The molecule has 2 nitrogen and oxygen atoms in total. The molecule has 0 saturated heterocycles. The van der Waals surface area contributed by atoms with Crippen LogP contribution in [0.5, 0.6) is 5.75 Å². The van der Waals surface area contributed by atoms with Gasteiger partial charge in [0.25, 0.3) is 0 Å². The number of alkyl halides is 2. The summed E-state index contributed by atoms with van der Waals surface area (Å²) in [5.41, 5.74) is -1.51. The highest BCUT2D eigenvalue weighted by atomic mass is 19.3. The number of benzene rings is 4. The molecule has 0 heterocycles. The topological polar surface area (TPSA) is 18.5 Å². The number of ether oxygens (including phenoxy) is 2. The number of hydrogen-bond donors (Lipinski definition) is 0. The quantitative estimate of drug-likeness (QED) is 0.128. The monoisotopic (exact) mass is 634 g/mol. The van der Waals surface area contributed by atoms with Gasteiger partial charge in [-0.1, -0.05) is 31.5 Å². The molecule has 1 saturated carbocycles. The van der Waals surface area contributed by atoms with Gasteiger partial charge in [-0.25, -0.2) is 26.3 Å². The third kappa shape index (κ3) is 7.32. The van der Waals surface area contributed by atoms with Crippen LogP contribution in [0, 0.1) is 34.9 Å². The molecule has 45 heavy (non-hydrogen) atoms. The van der Waals surface area contributed by atoms with E-state index in [-0.39, 0.29) is 39.8 Å². The van der Waals surface area contributed by atoms with Gasteiger partial charge in [-0.15, -0.1) is 0 Å². The maximum absolute atomic E-state index is 15.1. The second-order valence-corrected chi connectivity index (χ2v) is 11.1. The molecule has 0 N–H and O–H groups in total. The Morgan fingerprint density at radius 3 is 1.80 bits per heavy atom. The van der Waals surface area contributed by atoms with Crippen LogP contribution in [0.2, 0.25) is 0 Å². The normalized spacial score (nSPS) is 17.0. The fourth-order valence-corrected chi connectivity index (χ4v) is 5.64. The Labute approximate surface area is 255 Å². The Morgan fingerprint density at radius 2 is 1.22 bits per heavy atom. The highest BCUT2D eigenvalue weighted by Gasteiger charge is 2.42. The van der Waals surface area contributed by atoms with Gasteiger partial charge in [0.15, 0.2) is 11.6 Å². The van der Waals surface area contributed by atoms with E-state index in [0.717, 1.165) is 55.3 Å². The molecule has 1 fully saturated rings. The van der Waals surface area contributed by atoms with Gasteiger partial charge >= 0.3 is 6.11 Å². The number of hydrogen-bond acceptors (Lipinski definition) is 2. The van der Waals surface area contributed by atoms with E-state index in [1.807, 2.05) is 0 Å². The zero-order valence-electron chi connectivity index (χ0n) is 24.3. The molecule has 0 bridgehead atoms. The highest BCUT2D eigenvalue weighted by molar-refractivity contribution is 5.71. The lowest BCUT2D eigenvalue weighted by molar-refractivity contribution is -0.189. The minimum absolute atomic E-state index is 0.0175. The number of halogens is 8. The minimum atomic E-state index is -4.48. The fraction of sp³-hybridized carbons (Fsp3) is 0.314. The van der Waals surface area contributed by atoms with Crippen molar-refractivity contribution in [2.75, 3.05) is 6.61 Å². The molecule has 0 spiro atoms. The maximum Gasteiger partial charge on any atom is 0.432 e. The summed E-state index contributed by atoms with van der Waals surface area (Å²) in [6, 6.07) is 10.7. The Bertz CT molecular complexity index is 1640. The summed E-state index contributed by atoms with van der Waals surface area (Å²) in [6.45, 7) is 2.71. The summed E-state index contributed by atoms with van der Waals surface area (Å²) >= 11 is 0. The van der Waals surface area contributed by atoms with Crippen LogP contribution >= 0.6 is 0 Å². The Balaban J connectivity index is 1.29. The van der Waals surface area contributed by atoms with E-state index >= 15 is 13.2 Å². The first-order chi connectivity index (χ1) is 21.5. The van der Waals surface area contributed by atoms with Crippen molar-refractivity contribution in [3.8, 4) is 28.0 Å². The van der Waals surface area contributed by atoms with Gasteiger partial charge in [0.2, 0.25) is 0 Å². The predicted molar refractivity (Wildman–Crippen MR) is 154 cm³/mol. The first-order valence-corrected chi connectivity index (χ1v) is 14.7. The Hall–Kier alpha value is -3.92. The third-order valence-corrected chi connectivity index (χ3v) is 8.05. The fourth-order valence-electron chi connectivity index (χ4n) is 5.64. The lowest BCUT2D eigenvalue weighted by Gasteiger charge is -2.29. The molecule has 0 unspecified atom stereocenters. The van der Waals surface area contributed by atoms with E-state index in [0.29, 0.717) is 38.4 Å². The average molecular weight is 635 g/mol. The molecule has 1 aliphatic rings. The van der Waals surface area contributed by atoms with Gasteiger partial charge in [-0.2, -0.15) is 8.78 Å². The van der Waals surface area contributed by atoms with E-state index < -0.39 is 52.3 Å². The summed E-state index contributed by atoms with van der Waals surface area (Å²) in [7, 11) is 0. The second-order valence-electron chi connectivity index (χ2n) is 11.1. The van der Waals surface area contributed by atoms with Crippen molar-refractivity contribution in [3.63, 3.8) is 0 Å². The lowest BCUT2D eigenvalue weighted by Crippen LogP contribution is -2.26. The summed E-state index contributed by atoms with van der Waals surface area (Å²) in [6.07, 6.45) is 0.145. The molecule has 5 rings (SSSR count). The summed E-state index contributed by atoms with van der Waals surface area (Å²) in [5, 5.41) is 0. The van der Waals surface area contributed by atoms with Gasteiger partial charge in [0.1, 0.15) is 34.6 Å².